The Labute approximate surface area is 287 Å². The molecule has 0 aliphatic carbocycles. The van der Waals surface area contributed by atoms with E-state index in [1.165, 1.54) is 57.8 Å². The molecule has 0 spiro atoms. The highest BCUT2D eigenvalue weighted by Crippen LogP contribution is 2.43. The van der Waals surface area contributed by atoms with Crippen LogP contribution in [-0.4, -0.2) is 49.3 Å². The first-order valence-corrected chi connectivity index (χ1v) is 20.3. The number of rotatable bonds is 35. The van der Waals surface area contributed by atoms with E-state index in [1.54, 1.807) is 0 Å². The van der Waals surface area contributed by atoms with Crippen LogP contribution in [0.1, 0.15) is 168 Å². The van der Waals surface area contributed by atoms with Crippen LogP contribution in [0.3, 0.4) is 0 Å². The SMILES string of the molecule is CCCC/C=C\CCCCCCCC(=O)OCC(COP(=O)(O)OCCN)OC(=O)CCCCCCC/C=C\CCCCCCCC. The quantitative estimate of drug-likeness (QED) is 0.0289. The second-order valence-corrected chi connectivity index (χ2v) is 13.9. The minimum absolute atomic E-state index is 0.0516. The molecule has 47 heavy (non-hydrogen) atoms. The van der Waals surface area contributed by atoms with Crippen LogP contribution in [0.4, 0.5) is 0 Å². The lowest BCUT2D eigenvalue weighted by Crippen LogP contribution is -2.29. The van der Waals surface area contributed by atoms with Crippen molar-refractivity contribution in [2.45, 2.75) is 174 Å². The fourth-order valence-corrected chi connectivity index (χ4v) is 5.73. The van der Waals surface area contributed by atoms with Crippen molar-refractivity contribution < 1.29 is 37.6 Å². The molecule has 2 unspecified atom stereocenters. The minimum Gasteiger partial charge on any atom is -0.462 e. The van der Waals surface area contributed by atoms with Crippen LogP contribution >= 0.6 is 7.82 Å². The fraction of sp³-hybridized carbons (Fsp3) is 0.838. The minimum atomic E-state index is -4.37. The van der Waals surface area contributed by atoms with E-state index in [0.717, 1.165) is 77.0 Å². The summed E-state index contributed by atoms with van der Waals surface area (Å²) >= 11 is 0. The third kappa shape index (κ3) is 34.2. The largest absolute Gasteiger partial charge is 0.472 e. The first-order chi connectivity index (χ1) is 22.8. The zero-order chi connectivity index (χ0) is 34.7. The average molecular weight is 688 g/mol. The van der Waals surface area contributed by atoms with Gasteiger partial charge in [0.15, 0.2) is 6.10 Å². The molecule has 0 radical (unpaired) electrons. The molecule has 0 amide bonds. The van der Waals surface area contributed by atoms with Crippen LogP contribution in [0.2, 0.25) is 0 Å². The Bertz CT molecular complexity index is 835. The Kier molecular flexibility index (Phi) is 33.3. The van der Waals surface area contributed by atoms with Crippen molar-refractivity contribution in [1.82, 2.24) is 0 Å². The number of hydrogen-bond donors (Lipinski definition) is 2. The standard InChI is InChI=1S/C37H70NO8P/c1-3-5-7-9-11-13-15-16-17-18-20-22-24-26-28-30-37(40)46-35(34-45-47(41,42)44-32-31-38)33-43-36(39)29-27-25-23-21-19-14-12-10-8-6-4-2/h10,12,16-17,35H,3-9,11,13-15,18-34,38H2,1-2H3,(H,41,42)/b12-10-,17-16-. The van der Waals surface area contributed by atoms with Crippen LogP contribution in [-0.2, 0) is 32.7 Å². The zero-order valence-electron chi connectivity index (χ0n) is 30.0. The Balaban J connectivity index is 4.25. The number of phosphoric acid groups is 1. The van der Waals surface area contributed by atoms with Crippen molar-refractivity contribution in [2.24, 2.45) is 5.73 Å². The molecule has 3 N–H and O–H groups in total. The smallest absolute Gasteiger partial charge is 0.462 e. The summed E-state index contributed by atoms with van der Waals surface area (Å²) in [5, 5.41) is 0. The van der Waals surface area contributed by atoms with Crippen LogP contribution in [0.25, 0.3) is 0 Å². The Morgan fingerprint density at radius 2 is 1.06 bits per heavy atom. The van der Waals surface area contributed by atoms with Crippen LogP contribution in [0.5, 0.6) is 0 Å². The maximum atomic E-state index is 12.5. The third-order valence-electron chi connectivity index (χ3n) is 7.81. The van der Waals surface area contributed by atoms with Gasteiger partial charge in [0.05, 0.1) is 13.2 Å². The van der Waals surface area contributed by atoms with Gasteiger partial charge in [0, 0.05) is 19.4 Å². The Morgan fingerprint density at radius 3 is 1.57 bits per heavy atom. The summed E-state index contributed by atoms with van der Waals surface area (Å²) in [7, 11) is -4.37. The second-order valence-electron chi connectivity index (χ2n) is 12.4. The lowest BCUT2D eigenvalue weighted by molar-refractivity contribution is -0.161. The van der Waals surface area contributed by atoms with E-state index in [-0.39, 0.29) is 32.6 Å². The van der Waals surface area contributed by atoms with Gasteiger partial charge in [-0.2, -0.15) is 0 Å². The van der Waals surface area contributed by atoms with E-state index in [9.17, 15) is 19.0 Å². The Morgan fingerprint density at radius 1 is 0.617 bits per heavy atom. The number of hydrogen-bond acceptors (Lipinski definition) is 8. The van der Waals surface area contributed by atoms with Gasteiger partial charge in [-0.1, -0.05) is 122 Å². The maximum Gasteiger partial charge on any atom is 0.472 e. The van der Waals surface area contributed by atoms with Gasteiger partial charge >= 0.3 is 19.8 Å². The number of allylic oxidation sites excluding steroid dienone is 4. The predicted molar refractivity (Wildman–Crippen MR) is 192 cm³/mol. The van der Waals surface area contributed by atoms with Gasteiger partial charge in [0.1, 0.15) is 6.61 Å². The van der Waals surface area contributed by atoms with Gasteiger partial charge in [-0.25, -0.2) is 4.57 Å². The zero-order valence-corrected chi connectivity index (χ0v) is 30.9. The van der Waals surface area contributed by atoms with Gasteiger partial charge in [-0.05, 0) is 57.8 Å². The summed E-state index contributed by atoms with van der Waals surface area (Å²) in [6.07, 6.45) is 33.5. The molecule has 0 saturated heterocycles. The molecule has 2 atom stereocenters. The van der Waals surface area contributed by atoms with Crippen molar-refractivity contribution in [3.05, 3.63) is 24.3 Å². The topological polar surface area (TPSA) is 134 Å². The van der Waals surface area contributed by atoms with E-state index in [0.29, 0.717) is 6.42 Å². The number of ether oxygens (including phenoxy) is 2. The molecule has 0 fully saturated rings. The van der Waals surface area contributed by atoms with E-state index in [1.807, 2.05) is 0 Å². The summed E-state index contributed by atoms with van der Waals surface area (Å²) in [5.41, 5.74) is 5.32. The van der Waals surface area contributed by atoms with Crippen LogP contribution < -0.4 is 5.73 Å². The second kappa shape index (κ2) is 34.4. The highest BCUT2D eigenvalue weighted by molar-refractivity contribution is 7.47. The summed E-state index contributed by atoms with van der Waals surface area (Å²) in [5.74, 6) is -0.850. The summed E-state index contributed by atoms with van der Waals surface area (Å²) in [6.45, 7) is 3.65. The average Bonchev–Trinajstić information content (AvgIpc) is 3.05. The molecular weight excluding hydrogens is 617 g/mol. The molecule has 0 aliphatic rings. The molecule has 9 nitrogen and oxygen atoms in total. The van der Waals surface area contributed by atoms with Gasteiger partial charge in [0.2, 0.25) is 0 Å². The number of carbonyl (C=O) groups is 2. The van der Waals surface area contributed by atoms with E-state index in [2.05, 4.69) is 38.2 Å². The molecule has 0 heterocycles. The van der Waals surface area contributed by atoms with Gasteiger partial charge in [0.25, 0.3) is 0 Å². The molecule has 0 saturated carbocycles. The molecule has 0 rings (SSSR count). The first-order valence-electron chi connectivity index (χ1n) is 18.8. The van der Waals surface area contributed by atoms with E-state index in [4.69, 9.17) is 24.3 Å². The Hall–Kier alpha value is -1.51. The fourth-order valence-electron chi connectivity index (χ4n) is 4.96. The first kappa shape index (κ1) is 45.5. The molecule has 0 bridgehead atoms. The van der Waals surface area contributed by atoms with Crippen molar-refractivity contribution in [3.8, 4) is 0 Å². The lowest BCUT2D eigenvalue weighted by Gasteiger charge is -2.19. The van der Waals surface area contributed by atoms with Gasteiger partial charge in [-0.15, -0.1) is 0 Å². The third-order valence-corrected chi connectivity index (χ3v) is 8.79. The molecule has 0 aliphatic heterocycles. The highest BCUT2D eigenvalue weighted by atomic mass is 31.2. The van der Waals surface area contributed by atoms with Crippen molar-refractivity contribution in [1.29, 1.82) is 0 Å². The number of phosphoric ester groups is 1. The maximum absolute atomic E-state index is 12.5. The molecule has 0 aromatic heterocycles. The monoisotopic (exact) mass is 687 g/mol. The highest BCUT2D eigenvalue weighted by Gasteiger charge is 2.25. The number of carbonyl (C=O) groups excluding carboxylic acids is 2. The normalized spacial score (nSPS) is 13.7. The van der Waals surface area contributed by atoms with Crippen LogP contribution in [0, 0.1) is 0 Å². The number of unbranched alkanes of at least 4 members (excludes halogenated alkanes) is 18. The van der Waals surface area contributed by atoms with Crippen LogP contribution in [0.15, 0.2) is 24.3 Å². The molecule has 0 aromatic rings. The number of esters is 2. The van der Waals surface area contributed by atoms with Gasteiger partial charge < -0.3 is 20.1 Å². The van der Waals surface area contributed by atoms with Crippen molar-refractivity contribution in [2.75, 3.05) is 26.4 Å². The molecule has 276 valence electrons. The molecular formula is C37H70NO8P. The predicted octanol–water partition coefficient (Wildman–Crippen LogP) is 10.0. The van der Waals surface area contributed by atoms with E-state index < -0.39 is 32.5 Å². The lowest BCUT2D eigenvalue weighted by atomic mass is 10.1. The van der Waals surface area contributed by atoms with Crippen molar-refractivity contribution >= 4 is 19.8 Å². The van der Waals surface area contributed by atoms with Crippen molar-refractivity contribution in [3.63, 3.8) is 0 Å². The van der Waals surface area contributed by atoms with E-state index >= 15 is 0 Å². The number of nitrogens with two attached hydrogens (primary N) is 1. The molecule has 0 aromatic carbocycles. The summed E-state index contributed by atoms with van der Waals surface area (Å²) in [6, 6.07) is 0. The van der Waals surface area contributed by atoms with Gasteiger partial charge in [-0.3, -0.25) is 18.6 Å². The summed E-state index contributed by atoms with van der Waals surface area (Å²) < 4.78 is 32.6. The summed E-state index contributed by atoms with van der Waals surface area (Å²) in [4.78, 5) is 34.6. The molecule has 10 heteroatoms.